The molecule has 0 radical (unpaired) electrons. The van der Waals surface area contributed by atoms with Gasteiger partial charge in [0.25, 0.3) is 0 Å². The van der Waals surface area contributed by atoms with Gasteiger partial charge in [0.05, 0.1) is 4.86 Å². The zero-order valence-electron chi connectivity index (χ0n) is 14.8. The molecule has 0 unspecified atom stereocenters. The van der Waals surface area contributed by atoms with E-state index in [9.17, 15) is 0 Å². The maximum Gasteiger partial charge on any atom is 0.0522 e. The molecule has 0 aliphatic carbocycles. The quantitative estimate of drug-likeness (QED) is 0.205. The number of thiophene rings is 2. The molecule has 6 rings (SSSR count). The van der Waals surface area contributed by atoms with Crippen molar-refractivity contribution in [3.63, 3.8) is 0 Å². The molecule has 2 aromatic heterocycles. The van der Waals surface area contributed by atoms with E-state index in [1.54, 1.807) is 0 Å². The minimum Gasteiger partial charge on any atom is -0.135 e. The fourth-order valence-corrected chi connectivity index (χ4v) is 6.45. The molecule has 3 heteroatoms. The first kappa shape index (κ1) is 16.4. The Bertz CT molecular complexity index is 1420. The van der Waals surface area contributed by atoms with Crippen molar-refractivity contribution in [3.05, 3.63) is 96.1 Å². The lowest BCUT2D eigenvalue weighted by Crippen LogP contribution is -1.98. The van der Waals surface area contributed by atoms with Crippen molar-refractivity contribution in [3.8, 4) is 0 Å². The molecule has 0 fully saturated rings. The van der Waals surface area contributed by atoms with Crippen molar-refractivity contribution in [1.29, 1.82) is 0 Å². The van der Waals surface area contributed by atoms with Crippen LogP contribution in [0.4, 0.5) is 0 Å². The summed E-state index contributed by atoms with van der Waals surface area (Å²) in [5, 5.41) is 5.28. The average molecular weight is 411 g/mol. The Hall–Kier alpha value is -2.59. The lowest BCUT2D eigenvalue weighted by Gasteiger charge is -2.05. The molecule has 28 heavy (non-hydrogen) atoms. The molecule has 4 aromatic carbocycles. The summed E-state index contributed by atoms with van der Waals surface area (Å²) in [6, 6.07) is 30.4. The molecule has 0 bridgehead atoms. The molecule has 6 aromatic rings. The summed E-state index contributed by atoms with van der Waals surface area (Å²) >= 11 is 9.56. The second-order valence-corrected chi connectivity index (χ2v) is 9.52. The summed E-state index contributed by atoms with van der Waals surface area (Å²) in [6.07, 6.45) is 0. The molecule has 0 aliphatic heterocycles. The number of rotatable bonds is 2. The van der Waals surface area contributed by atoms with Crippen molar-refractivity contribution < 1.29 is 0 Å². The molecular formula is C25H14S3. The Morgan fingerprint density at radius 3 is 1.43 bits per heavy atom. The minimum atomic E-state index is 0.915. The van der Waals surface area contributed by atoms with E-state index in [-0.39, 0.29) is 0 Å². The van der Waals surface area contributed by atoms with Gasteiger partial charge in [-0.25, -0.2) is 0 Å². The number of fused-ring (bicyclic) bond motifs is 6. The third kappa shape index (κ3) is 2.44. The van der Waals surface area contributed by atoms with Gasteiger partial charge in [0.15, 0.2) is 0 Å². The first-order valence-electron chi connectivity index (χ1n) is 9.15. The molecule has 0 spiro atoms. The highest BCUT2D eigenvalue weighted by Gasteiger charge is 2.11. The molecule has 0 aliphatic rings. The highest BCUT2D eigenvalue weighted by molar-refractivity contribution is 7.81. The van der Waals surface area contributed by atoms with E-state index >= 15 is 0 Å². The van der Waals surface area contributed by atoms with E-state index in [1.807, 2.05) is 22.7 Å². The van der Waals surface area contributed by atoms with Crippen molar-refractivity contribution in [1.82, 2.24) is 0 Å². The zero-order valence-corrected chi connectivity index (χ0v) is 17.3. The van der Waals surface area contributed by atoms with E-state index in [0.717, 1.165) is 16.0 Å². The lowest BCUT2D eigenvalue weighted by molar-refractivity contribution is 1.72. The van der Waals surface area contributed by atoms with Crippen LogP contribution in [0.3, 0.4) is 0 Å². The van der Waals surface area contributed by atoms with Gasteiger partial charge in [0.1, 0.15) is 0 Å². The van der Waals surface area contributed by atoms with Gasteiger partial charge in [-0.1, -0.05) is 72.9 Å². The van der Waals surface area contributed by atoms with Gasteiger partial charge in [-0.15, -0.1) is 22.7 Å². The summed E-state index contributed by atoms with van der Waals surface area (Å²) in [5.41, 5.74) is 2.24. The van der Waals surface area contributed by atoms with Gasteiger partial charge < -0.3 is 0 Å². The van der Waals surface area contributed by atoms with E-state index in [2.05, 4.69) is 84.9 Å². The van der Waals surface area contributed by atoms with Crippen LogP contribution in [0.1, 0.15) is 11.1 Å². The maximum atomic E-state index is 5.88. The van der Waals surface area contributed by atoms with Crippen molar-refractivity contribution in [2.75, 3.05) is 0 Å². The Labute approximate surface area is 175 Å². The maximum absolute atomic E-state index is 5.88. The Kier molecular flexibility index (Phi) is 3.63. The lowest BCUT2D eigenvalue weighted by atomic mass is 10.0. The van der Waals surface area contributed by atoms with Gasteiger partial charge in [-0.05, 0) is 35.4 Å². The van der Waals surface area contributed by atoms with Crippen LogP contribution in [0, 0.1) is 0 Å². The average Bonchev–Trinajstić information content (AvgIpc) is 3.30. The van der Waals surface area contributed by atoms with Crippen molar-refractivity contribution in [2.45, 2.75) is 0 Å². The van der Waals surface area contributed by atoms with Crippen LogP contribution in [-0.2, 0) is 0 Å². The topological polar surface area (TPSA) is 0 Å². The Morgan fingerprint density at radius 1 is 0.500 bits per heavy atom. The first-order chi connectivity index (χ1) is 13.8. The standard InChI is InChI=1S/C25H14S3/c26-25(15-9-11-19-17-5-1-3-7-21(17)27-23(19)13-15)16-10-12-20-18-6-2-4-8-22(18)28-24(20)14-16/h1-14H. The van der Waals surface area contributed by atoms with E-state index < -0.39 is 0 Å². The summed E-state index contributed by atoms with van der Waals surface area (Å²) in [7, 11) is 0. The van der Waals surface area contributed by atoms with Crippen LogP contribution < -0.4 is 0 Å². The predicted octanol–water partition coefficient (Wildman–Crippen LogP) is 8.19. The zero-order chi connectivity index (χ0) is 18.7. The Morgan fingerprint density at radius 2 is 0.929 bits per heavy atom. The van der Waals surface area contributed by atoms with E-state index in [1.165, 1.54) is 40.3 Å². The van der Waals surface area contributed by atoms with Gasteiger partial charge in [-0.3, -0.25) is 0 Å². The molecule has 0 nitrogen and oxygen atoms in total. The van der Waals surface area contributed by atoms with Gasteiger partial charge in [-0.2, -0.15) is 0 Å². The number of benzene rings is 4. The minimum absolute atomic E-state index is 0.915. The number of thiocarbonyl (C=S) groups is 1. The predicted molar refractivity (Wildman–Crippen MR) is 129 cm³/mol. The SMILES string of the molecule is S=C(c1ccc2c(c1)sc1ccccc12)c1ccc2c(c1)sc1ccccc12. The van der Waals surface area contributed by atoms with Gasteiger partial charge in [0.2, 0.25) is 0 Å². The Balaban J connectivity index is 1.48. The first-order valence-corrected chi connectivity index (χ1v) is 11.2. The molecular weight excluding hydrogens is 396 g/mol. The summed E-state index contributed by atoms with van der Waals surface area (Å²) in [4.78, 5) is 0.915. The molecule has 0 atom stereocenters. The molecule has 0 amide bonds. The summed E-state index contributed by atoms with van der Waals surface area (Å²) in [5.74, 6) is 0. The van der Waals surface area contributed by atoms with E-state index in [0.29, 0.717) is 0 Å². The summed E-state index contributed by atoms with van der Waals surface area (Å²) in [6.45, 7) is 0. The highest BCUT2D eigenvalue weighted by atomic mass is 32.1. The molecule has 2 heterocycles. The molecule has 0 saturated heterocycles. The fourth-order valence-electron chi connectivity index (χ4n) is 3.90. The van der Waals surface area contributed by atoms with Crippen LogP contribution >= 0.6 is 34.9 Å². The van der Waals surface area contributed by atoms with Crippen molar-refractivity contribution in [2.24, 2.45) is 0 Å². The molecule has 132 valence electrons. The van der Waals surface area contributed by atoms with Crippen LogP contribution in [-0.4, -0.2) is 4.86 Å². The van der Waals surface area contributed by atoms with Crippen LogP contribution in [0.5, 0.6) is 0 Å². The monoisotopic (exact) mass is 410 g/mol. The van der Waals surface area contributed by atoms with Crippen LogP contribution in [0.15, 0.2) is 84.9 Å². The van der Waals surface area contributed by atoms with Crippen molar-refractivity contribution >= 4 is 80.1 Å². The molecule has 0 saturated carbocycles. The van der Waals surface area contributed by atoms with Gasteiger partial charge in [0, 0.05) is 40.3 Å². The van der Waals surface area contributed by atoms with Gasteiger partial charge >= 0.3 is 0 Å². The normalized spacial score (nSPS) is 11.7. The smallest absolute Gasteiger partial charge is 0.0522 e. The van der Waals surface area contributed by atoms with Crippen LogP contribution in [0.25, 0.3) is 40.3 Å². The third-order valence-electron chi connectivity index (χ3n) is 5.28. The van der Waals surface area contributed by atoms with Crippen LogP contribution in [0.2, 0.25) is 0 Å². The second kappa shape index (κ2) is 6.21. The largest absolute Gasteiger partial charge is 0.135 e. The number of hydrogen-bond donors (Lipinski definition) is 0. The van der Waals surface area contributed by atoms with E-state index in [4.69, 9.17) is 12.2 Å². The third-order valence-corrected chi connectivity index (χ3v) is 8.02. The molecule has 0 N–H and O–H groups in total. The number of hydrogen-bond acceptors (Lipinski definition) is 3. The fraction of sp³-hybridized carbons (Fsp3) is 0. The highest BCUT2D eigenvalue weighted by Crippen LogP contribution is 2.36. The second-order valence-electron chi connectivity index (χ2n) is 6.95. The summed E-state index contributed by atoms with van der Waals surface area (Å²) < 4.78 is 5.24.